The van der Waals surface area contributed by atoms with Crippen molar-refractivity contribution in [1.82, 2.24) is 9.21 Å². The minimum Gasteiger partial charge on any atom is -0.300 e. The molecule has 1 saturated carbocycles. The maximum Gasteiger partial charge on any atom is 0.253 e. The van der Waals surface area contributed by atoms with Gasteiger partial charge in [0, 0.05) is 64.2 Å². The molecule has 2 fully saturated rings. The first-order valence-corrected chi connectivity index (χ1v) is 13.8. The molecular formula is C23H27F3N4O2S2. The molecule has 2 aromatic rings. The minimum atomic E-state index is -3.18. The number of halogens is 3. The number of hydrogen-bond donors (Lipinski definition) is 0. The fourth-order valence-corrected chi connectivity index (χ4v) is 6.40. The van der Waals surface area contributed by atoms with Crippen LogP contribution in [0.2, 0.25) is 0 Å². The van der Waals surface area contributed by atoms with Crippen molar-refractivity contribution >= 4 is 33.5 Å². The maximum atomic E-state index is 14.8. The lowest BCUT2D eigenvalue weighted by Crippen LogP contribution is -2.47. The van der Waals surface area contributed by atoms with Crippen molar-refractivity contribution in [3.8, 4) is 11.1 Å². The molecule has 0 aromatic heterocycles. The van der Waals surface area contributed by atoms with Crippen LogP contribution in [0.25, 0.3) is 11.1 Å². The third-order valence-corrected chi connectivity index (χ3v) is 8.98. The van der Waals surface area contributed by atoms with Gasteiger partial charge in [0.25, 0.3) is 5.92 Å². The maximum absolute atomic E-state index is 14.8. The Labute approximate surface area is 202 Å². The van der Waals surface area contributed by atoms with Gasteiger partial charge in [-0.25, -0.2) is 21.6 Å². The zero-order chi connectivity index (χ0) is 24.3. The van der Waals surface area contributed by atoms with Crippen molar-refractivity contribution in [3.63, 3.8) is 0 Å². The second-order valence-electron chi connectivity index (χ2n) is 9.26. The largest absolute Gasteiger partial charge is 0.300 e. The summed E-state index contributed by atoms with van der Waals surface area (Å²) in [5.41, 5.74) is 3.89. The van der Waals surface area contributed by atoms with E-state index in [1.54, 1.807) is 6.07 Å². The van der Waals surface area contributed by atoms with E-state index in [1.165, 1.54) is 28.8 Å². The van der Waals surface area contributed by atoms with E-state index >= 15 is 0 Å². The van der Waals surface area contributed by atoms with Gasteiger partial charge in [-0.05, 0) is 35.4 Å². The summed E-state index contributed by atoms with van der Waals surface area (Å²) in [5, 5.41) is 0. The molecule has 2 aromatic carbocycles. The summed E-state index contributed by atoms with van der Waals surface area (Å²) in [7, 11) is -1.31. The first-order chi connectivity index (χ1) is 16.0. The first kappa shape index (κ1) is 23.8. The highest BCUT2D eigenvalue weighted by atomic mass is 32.2. The molecule has 0 spiro atoms. The highest BCUT2D eigenvalue weighted by molar-refractivity contribution is 8.02. The molecule has 5 rings (SSSR count). The van der Waals surface area contributed by atoms with E-state index in [0.29, 0.717) is 38.3 Å². The number of rotatable bonds is 6. The van der Waals surface area contributed by atoms with Gasteiger partial charge in [0.15, 0.2) is 0 Å². The predicted molar refractivity (Wildman–Crippen MR) is 130 cm³/mol. The number of nitrogens with zero attached hydrogens (tertiary/aromatic N) is 4. The SMILES string of the molecule is CN1SN(CC2CC2(F)F)c2ccc(-c3cc(CN4CCN(S(C)(=O)=O)CC4)ccc3F)cc21. The van der Waals surface area contributed by atoms with Gasteiger partial charge in [0.2, 0.25) is 10.0 Å². The van der Waals surface area contributed by atoms with Gasteiger partial charge in [-0.2, -0.15) is 4.31 Å². The van der Waals surface area contributed by atoms with Gasteiger partial charge in [0.1, 0.15) is 5.82 Å². The monoisotopic (exact) mass is 512 g/mol. The summed E-state index contributed by atoms with van der Waals surface area (Å²) in [6.07, 6.45) is 1.16. The molecular weight excluding hydrogens is 485 g/mol. The summed E-state index contributed by atoms with van der Waals surface area (Å²) in [5.74, 6) is -3.51. The third-order valence-electron chi connectivity index (χ3n) is 6.69. The molecule has 0 N–H and O–H groups in total. The molecule has 1 atom stereocenters. The van der Waals surface area contributed by atoms with Gasteiger partial charge in [0.05, 0.1) is 29.8 Å². The van der Waals surface area contributed by atoms with Gasteiger partial charge < -0.3 is 0 Å². The van der Waals surface area contributed by atoms with E-state index in [-0.39, 0.29) is 18.8 Å². The van der Waals surface area contributed by atoms with Crippen molar-refractivity contribution < 1.29 is 21.6 Å². The second kappa shape index (κ2) is 8.61. The molecule has 0 radical (unpaired) electrons. The van der Waals surface area contributed by atoms with Crippen LogP contribution in [0.4, 0.5) is 24.5 Å². The summed E-state index contributed by atoms with van der Waals surface area (Å²) < 4.78 is 70.3. The number of hydrogen-bond acceptors (Lipinski definition) is 6. The van der Waals surface area contributed by atoms with Crippen LogP contribution in [-0.2, 0) is 16.6 Å². The average molecular weight is 513 g/mol. The quantitative estimate of drug-likeness (QED) is 0.545. The van der Waals surface area contributed by atoms with Gasteiger partial charge >= 0.3 is 0 Å². The van der Waals surface area contributed by atoms with Gasteiger partial charge in [-0.1, -0.05) is 12.1 Å². The molecule has 1 saturated heterocycles. The molecule has 6 nitrogen and oxygen atoms in total. The lowest BCUT2D eigenvalue weighted by atomic mass is 10.0. The lowest BCUT2D eigenvalue weighted by Gasteiger charge is -2.33. The summed E-state index contributed by atoms with van der Waals surface area (Å²) in [4.78, 5) is 2.16. The fourth-order valence-electron chi connectivity index (χ4n) is 4.56. The molecule has 0 amide bonds. The standard InChI is InChI=1S/C23H27F3N4O2S2/c1-27-22-12-17(4-6-21(22)30(33-27)15-18-13-23(18,25)26)19-11-16(3-5-20(19)24)14-28-7-9-29(10-8-28)34(2,31)32/h3-6,11-12,18H,7-10,13-15H2,1-2H3. The number of alkyl halides is 2. The summed E-state index contributed by atoms with van der Waals surface area (Å²) >= 11 is 1.39. The van der Waals surface area contributed by atoms with E-state index in [0.717, 1.165) is 22.5 Å². The lowest BCUT2D eigenvalue weighted by molar-refractivity contribution is 0.101. The minimum absolute atomic E-state index is 0.0670. The van der Waals surface area contributed by atoms with Gasteiger partial charge in [-0.15, -0.1) is 0 Å². The first-order valence-electron chi connectivity index (χ1n) is 11.2. The number of fused-ring (bicyclic) bond motifs is 1. The Kier molecular flexibility index (Phi) is 6.02. The van der Waals surface area contributed by atoms with E-state index in [2.05, 4.69) is 4.90 Å². The molecule has 1 aliphatic carbocycles. The van der Waals surface area contributed by atoms with E-state index in [4.69, 9.17) is 0 Å². The number of piperazine rings is 1. The summed E-state index contributed by atoms with van der Waals surface area (Å²) in [6, 6.07) is 10.7. The smallest absolute Gasteiger partial charge is 0.253 e. The normalized spacial score (nSPS) is 22.8. The van der Waals surface area contributed by atoms with Crippen molar-refractivity contribution in [3.05, 3.63) is 47.8 Å². The Balaban J connectivity index is 1.32. The third kappa shape index (κ3) is 4.75. The molecule has 11 heteroatoms. The van der Waals surface area contributed by atoms with Crippen LogP contribution in [0.1, 0.15) is 12.0 Å². The van der Waals surface area contributed by atoms with Crippen molar-refractivity contribution in [2.75, 3.05) is 54.6 Å². The zero-order valence-electron chi connectivity index (χ0n) is 19.0. The Bertz CT molecular complexity index is 1200. The Morgan fingerprint density at radius 1 is 1.06 bits per heavy atom. The van der Waals surface area contributed by atoms with Crippen LogP contribution in [0.15, 0.2) is 36.4 Å². The van der Waals surface area contributed by atoms with E-state index < -0.39 is 21.9 Å². The Hall–Kier alpha value is -1.95. The second-order valence-corrected chi connectivity index (χ2v) is 12.4. The molecule has 184 valence electrons. The molecule has 3 aliphatic rings. The highest BCUT2D eigenvalue weighted by Gasteiger charge is 2.57. The van der Waals surface area contributed by atoms with Crippen LogP contribution >= 0.6 is 12.1 Å². The van der Waals surface area contributed by atoms with Crippen molar-refractivity contribution in [2.24, 2.45) is 5.92 Å². The van der Waals surface area contributed by atoms with Crippen molar-refractivity contribution in [2.45, 2.75) is 18.9 Å². The zero-order valence-corrected chi connectivity index (χ0v) is 20.7. The summed E-state index contributed by atoms with van der Waals surface area (Å²) in [6.45, 7) is 3.03. The molecule has 2 heterocycles. The Morgan fingerprint density at radius 3 is 2.41 bits per heavy atom. The fraction of sp³-hybridized carbons (Fsp3) is 0.478. The molecule has 1 unspecified atom stereocenters. The average Bonchev–Trinajstić information content (AvgIpc) is 3.26. The van der Waals surface area contributed by atoms with Crippen LogP contribution in [0, 0.1) is 11.7 Å². The molecule has 34 heavy (non-hydrogen) atoms. The van der Waals surface area contributed by atoms with Crippen LogP contribution < -0.4 is 8.61 Å². The molecule has 0 bridgehead atoms. The van der Waals surface area contributed by atoms with Crippen LogP contribution in [-0.4, -0.2) is 69.6 Å². The predicted octanol–water partition coefficient (Wildman–Crippen LogP) is 4.04. The van der Waals surface area contributed by atoms with Crippen LogP contribution in [0.5, 0.6) is 0 Å². The highest BCUT2D eigenvalue weighted by Crippen LogP contribution is 2.53. The topological polar surface area (TPSA) is 47.1 Å². The van der Waals surface area contributed by atoms with Crippen LogP contribution in [0.3, 0.4) is 0 Å². The van der Waals surface area contributed by atoms with Crippen molar-refractivity contribution in [1.29, 1.82) is 0 Å². The number of benzene rings is 2. The van der Waals surface area contributed by atoms with E-state index in [9.17, 15) is 21.6 Å². The number of anilines is 2. The number of sulfonamides is 1. The van der Waals surface area contributed by atoms with Gasteiger partial charge in [-0.3, -0.25) is 13.5 Å². The Morgan fingerprint density at radius 2 is 1.76 bits per heavy atom. The molecule has 2 aliphatic heterocycles. The van der Waals surface area contributed by atoms with E-state index in [1.807, 2.05) is 39.9 Å².